The summed E-state index contributed by atoms with van der Waals surface area (Å²) in [4.78, 5) is 26.5. The fourth-order valence-corrected chi connectivity index (χ4v) is 6.22. The maximum absolute atomic E-state index is 13.6. The van der Waals surface area contributed by atoms with Gasteiger partial charge in [0.2, 0.25) is 5.78 Å². The predicted octanol–water partition coefficient (Wildman–Crippen LogP) is 2.79. The smallest absolute Gasteiger partial charge is 0.339 e. The monoisotopic (exact) mass is 492 g/mol. The van der Waals surface area contributed by atoms with Crippen molar-refractivity contribution in [1.29, 1.82) is 0 Å². The molecular formula is C26H20O8S. The first-order valence-electron chi connectivity index (χ1n) is 10.8. The van der Waals surface area contributed by atoms with Gasteiger partial charge in [-0.2, -0.15) is 8.42 Å². The number of hydrogen-bond donors (Lipinski definition) is 3. The third-order valence-corrected chi connectivity index (χ3v) is 8.16. The first kappa shape index (κ1) is 22.9. The van der Waals surface area contributed by atoms with E-state index in [2.05, 4.69) is 0 Å². The van der Waals surface area contributed by atoms with Gasteiger partial charge in [0.05, 0.1) is 5.56 Å². The fraction of sp³-hybridized carbons (Fsp3) is 0.231. The molecule has 0 spiro atoms. The molecule has 3 atom stereocenters. The molecule has 0 fully saturated rings. The highest BCUT2D eigenvalue weighted by molar-refractivity contribution is 7.87. The van der Waals surface area contributed by atoms with Crippen molar-refractivity contribution in [1.82, 2.24) is 0 Å². The van der Waals surface area contributed by atoms with E-state index >= 15 is 0 Å². The van der Waals surface area contributed by atoms with Crippen LogP contribution in [-0.4, -0.2) is 40.9 Å². The molecule has 0 radical (unpaired) electrons. The summed E-state index contributed by atoms with van der Waals surface area (Å²) >= 11 is 0. The van der Waals surface area contributed by atoms with Crippen LogP contribution in [0.2, 0.25) is 0 Å². The Bertz CT molecular complexity index is 1490. The summed E-state index contributed by atoms with van der Waals surface area (Å²) in [6, 6.07) is 12.0. The lowest BCUT2D eigenvalue weighted by atomic mass is 9.60. The van der Waals surface area contributed by atoms with Crippen molar-refractivity contribution in [3.8, 4) is 18.1 Å². The van der Waals surface area contributed by atoms with E-state index in [0.717, 1.165) is 0 Å². The van der Waals surface area contributed by atoms with E-state index in [0.29, 0.717) is 5.56 Å². The molecule has 5 rings (SSSR count). The molecule has 3 aliphatic rings. The van der Waals surface area contributed by atoms with E-state index in [1.54, 1.807) is 18.2 Å². The van der Waals surface area contributed by atoms with Crippen molar-refractivity contribution in [3.05, 3.63) is 82.3 Å². The molecule has 178 valence electrons. The summed E-state index contributed by atoms with van der Waals surface area (Å²) in [5.74, 6) is -2.57. The lowest BCUT2D eigenvalue weighted by molar-refractivity contribution is -0.142. The van der Waals surface area contributed by atoms with E-state index < -0.39 is 50.5 Å². The van der Waals surface area contributed by atoms with Crippen LogP contribution < -0.4 is 4.18 Å². The number of Topliss-reactive ketones (excluding diaryl/α,β-unsaturated/α-hetero) is 2. The van der Waals surface area contributed by atoms with Gasteiger partial charge in [-0.25, -0.2) is 0 Å². The number of allylic oxidation sites excluding steroid dienone is 2. The van der Waals surface area contributed by atoms with Crippen LogP contribution in [0.3, 0.4) is 0 Å². The molecule has 2 aromatic carbocycles. The number of carbonyl (C=O) groups excluding carboxylic acids is 2. The van der Waals surface area contributed by atoms with Gasteiger partial charge < -0.3 is 19.5 Å². The van der Waals surface area contributed by atoms with Gasteiger partial charge in [-0.15, -0.1) is 6.42 Å². The molecule has 9 heteroatoms. The Kier molecular flexibility index (Phi) is 5.13. The summed E-state index contributed by atoms with van der Waals surface area (Å²) in [5.41, 5.74) is -2.65. The van der Waals surface area contributed by atoms with Gasteiger partial charge in [0, 0.05) is 17.9 Å². The highest BCUT2D eigenvalue weighted by Gasteiger charge is 2.58. The molecule has 0 saturated heterocycles. The zero-order valence-corrected chi connectivity index (χ0v) is 19.1. The molecule has 0 aromatic heterocycles. The summed E-state index contributed by atoms with van der Waals surface area (Å²) in [6.45, 7) is 0. The van der Waals surface area contributed by atoms with Crippen LogP contribution >= 0.6 is 0 Å². The molecular weight excluding hydrogens is 472 g/mol. The Balaban J connectivity index is 1.61. The van der Waals surface area contributed by atoms with E-state index in [-0.39, 0.29) is 46.8 Å². The molecule has 2 aromatic rings. The number of aliphatic hydroxyl groups is 3. The van der Waals surface area contributed by atoms with E-state index in [1.165, 1.54) is 30.3 Å². The second kappa shape index (κ2) is 7.83. The van der Waals surface area contributed by atoms with Crippen molar-refractivity contribution >= 4 is 21.7 Å². The van der Waals surface area contributed by atoms with Crippen LogP contribution in [0.1, 0.15) is 28.8 Å². The van der Waals surface area contributed by atoms with Gasteiger partial charge in [0.25, 0.3) is 0 Å². The van der Waals surface area contributed by atoms with Crippen LogP contribution in [0, 0.1) is 24.2 Å². The SMILES string of the molecule is C#CC1=C(O)C[C@@H]2C[C@@H]3Cc4cccc(OS(=O)(=O)c5ccccc5)c4C(=O)C3=C(O)[C@]2(O)C1=O. The first-order chi connectivity index (χ1) is 16.6. The number of aliphatic hydroxyl groups excluding tert-OH is 2. The molecule has 0 heterocycles. The fourth-order valence-electron chi connectivity index (χ4n) is 5.26. The zero-order valence-electron chi connectivity index (χ0n) is 18.3. The molecule has 0 aliphatic heterocycles. The van der Waals surface area contributed by atoms with Gasteiger partial charge >= 0.3 is 10.1 Å². The Morgan fingerprint density at radius 2 is 1.74 bits per heavy atom. The number of rotatable bonds is 3. The van der Waals surface area contributed by atoms with Crippen LogP contribution in [0.4, 0.5) is 0 Å². The Hall–Kier alpha value is -3.87. The van der Waals surface area contributed by atoms with Gasteiger partial charge in [0.1, 0.15) is 22.0 Å². The van der Waals surface area contributed by atoms with Crippen LogP contribution in [-0.2, 0) is 21.3 Å². The second-order valence-corrected chi connectivity index (χ2v) is 10.4. The third-order valence-electron chi connectivity index (χ3n) is 6.91. The highest BCUT2D eigenvalue weighted by Crippen LogP contribution is 2.51. The standard InChI is InChI=1S/C26H20O8S/c1-2-18-19(27)13-16-12-15-11-14-7-6-10-20(34-35(32,33)17-8-4-3-5-9-17)21(14)23(28)22(15)25(30)26(16,31)24(18)29/h1,3-10,15-16,27,30-31H,11-13H2/t15-,16-,26+/m0/s1. The van der Waals surface area contributed by atoms with Crippen molar-refractivity contribution in [2.24, 2.45) is 11.8 Å². The van der Waals surface area contributed by atoms with Crippen molar-refractivity contribution < 1.29 is 37.5 Å². The Morgan fingerprint density at radius 1 is 1.03 bits per heavy atom. The average Bonchev–Trinajstić information content (AvgIpc) is 2.82. The zero-order chi connectivity index (χ0) is 25.1. The summed E-state index contributed by atoms with van der Waals surface area (Å²) < 4.78 is 30.9. The number of benzene rings is 2. The van der Waals surface area contributed by atoms with Gasteiger partial charge in [-0.3, -0.25) is 9.59 Å². The quantitative estimate of drug-likeness (QED) is 0.439. The maximum atomic E-state index is 13.6. The highest BCUT2D eigenvalue weighted by atomic mass is 32.2. The van der Waals surface area contributed by atoms with Crippen molar-refractivity contribution in [2.75, 3.05) is 0 Å². The third kappa shape index (κ3) is 3.29. The lowest BCUT2D eigenvalue weighted by Gasteiger charge is -2.45. The van der Waals surface area contributed by atoms with Crippen LogP contribution in [0.15, 0.2) is 76.1 Å². The molecule has 0 bridgehead atoms. The van der Waals surface area contributed by atoms with Crippen molar-refractivity contribution in [3.63, 3.8) is 0 Å². The largest absolute Gasteiger partial charge is 0.511 e. The second-order valence-electron chi connectivity index (χ2n) is 8.83. The topological polar surface area (TPSA) is 138 Å². The van der Waals surface area contributed by atoms with Gasteiger partial charge in [0.15, 0.2) is 17.1 Å². The summed E-state index contributed by atoms with van der Waals surface area (Å²) in [7, 11) is -4.26. The molecule has 35 heavy (non-hydrogen) atoms. The number of hydrogen-bond acceptors (Lipinski definition) is 8. The number of terminal acetylenes is 1. The Morgan fingerprint density at radius 3 is 2.43 bits per heavy atom. The number of fused-ring (bicyclic) bond motifs is 3. The predicted molar refractivity (Wildman–Crippen MR) is 123 cm³/mol. The van der Waals surface area contributed by atoms with E-state index in [1.807, 2.05) is 5.92 Å². The van der Waals surface area contributed by atoms with Gasteiger partial charge in [-0.05, 0) is 42.5 Å². The lowest BCUT2D eigenvalue weighted by Crippen LogP contribution is -2.55. The van der Waals surface area contributed by atoms with Crippen LogP contribution in [0.5, 0.6) is 5.75 Å². The molecule has 8 nitrogen and oxygen atoms in total. The maximum Gasteiger partial charge on any atom is 0.339 e. The number of carbonyl (C=O) groups is 2. The van der Waals surface area contributed by atoms with Crippen LogP contribution in [0.25, 0.3) is 0 Å². The molecule has 0 amide bonds. The minimum atomic E-state index is -4.26. The van der Waals surface area contributed by atoms with E-state index in [4.69, 9.17) is 10.6 Å². The molecule has 3 N–H and O–H groups in total. The molecule has 0 saturated carbocycles. The van der Waals surface area contributed by atoms with E-state index in [9.17, 15) is 33.3 Å². The minimum absolute atomic E-state index is 0.0642. The van der Waals surface area contributed by atoms with Crippen molar-refractivity contribution in [2.45, 2.75) is 29.8 Å². The molecule has 0 unspecified atom stereocenters. The normalized spacial score (nSPS) is 25.9. The molecule has 3 aliphatic carbocycles. The number of ketones is 2. The average molecular weight is 493 g/mol. The van der Waals surface area contributed by atoms with Gasteiger partial charge in [-0.1, -0.05) is 36.3 Å². The first-order valence-corrected chi connectivity index (χ1v) is 12.3. The summed E-state index contributed by atoms with van der Waals surface area (Å²) in [5, 5.41) is 32.6. The summed E-state index contributed by atoms with van der Waals surface area (Å²) in [6.07, 6.45) is 5.55. The minimum Gasteiger partial charge on any atom is -0.511 e. The Labute approximate surface area is 201 Å².